The van der Waals surface area contributed by atoms with Gasteiger partial charge in [0.2, 0.25) is 0 Å². The summed E-state index contributed by atoms with van der Waals surface area (Å²) >= 11 is 0. The molecule has 0 aliphatic carbocycles. The van der Waals surface area contributed by atoms with Gasteiger partial charge >= 0.3 is 17.9 Å². The smallest absolute Gasteiger partial charge is 0.334 e. The second-order valence-corrected chi connectivity index (χ2v) is 5.56. The standard InChI is InChI=1S/C17H18O4.C5H8O3/c1-12(16(18)19)11-15(13(2)17(20)21-3)10-9-14-7-5-4-6-8-14;1-2-5(7)8-4-3-6/h4-11,15H,2H2,1,3H3,(H,18,19);2,6H,1,3-4H2. The van der Waals surface area contributed by atoms with E-state index in [0.717, 1.165) is 11.6 Å². The van der Waals surface area contributed by atoms with Gasteiger partial charge < -0.3 is 19.7 Å². The first-order valence-electron chi connectivity index (χ1n) is 8.58. The van der Waals surface area contributed by atoms with Crippen molar-refractivity contribution < 1.29 is 34.1 Å². The number of aliphatic hydroxyl groups is 1. The summed E-state index contributed by atoms with van der Waals surface area (Å²) in [4.78, 5) is 32.6. The molecule has 0 heterocycles. The fraction of sp³-hybridized carbons (Fsp3) is 0.227. The van der Waals surface area contributed by atoms with Crippen molar-refractivity contribution in [3.63, 3.8) is 0 Å². The zero-order chi connectivity index (χ0) is 22.2. The minimum atomic E-state index is -1.04. The highest BCUT2D eigenvalue weighted by Gasteiger charge is 2.16. The molecule has 0 bridgehead atoms. The second kappa shape index (κ2) is 14.6. The minimum absolute atomic E-state index is 0.0465. The van der Waals surface area contributed by atoms with Crippen molar-refractivity contribution in [3.8, 4) is 0 Å². The van der Waals surface area contributed by atoms with Crippen molar-refractivity contribution in [1.29, 1.82) is 0 Å². The number of carbonyl (C=O) groups is 3. The second-order valence-electron chi connectivity index (χ2n) is 5.56. The Morgan fingerprint density at radius 1 is 1.21 bits per heavy atom. The van der Waals surface area contributed by atoms with Crippen LogP contribution < -0.4 is 0 Å². The van der Waals surface area contributed by atoms with E-state index < -0.39 is 23.8 Å². The van der Waals surface area contributed by atoms with Crippen LogP contribution in [-0.4, -0.2) is 48.4 Å². The largest absolute Gasteiger partial charge is 0.478 e. The fourth-order valence-electron chi connectivity index (χ4n) is 1.86. The Labute approximate surface area is 170 Å². The number of carboxylic acid groups (broad SMARTS) is 1. The summed E-state index contributed by atoms with van der Waals surface area (Å²) in [7, 11) is 1.26. The van der Waals surface area contributed by atoms with Gasteiger partial charge in [0.15, 0.2) is 0 Å². The van der Waals surface area contributed by atoms with Crippen LogP contribution in [0.25, 0.3) is 6.08 Å². The maximum absolute atomic E-state index is 11.6. The van der Waals surface area contributed by atoms with Gasteiger partial charge in [0, 0.05) is 23.1 Å². The maximum Gasteiger partial charge on any atom is 0.334 e. The number of allylic oxidation sites excluding steroid dienone is 2. The van der Waals surface area contributed by atoms with Crippen LogP contribution in [0.1, 0.15) is 12.5 Å². The first kappa shape index (κ1) is 25.6. The molecule has 0 spiro atoms. The molecule has 29 heavy (non-hydrogen) atoms. The minimum Gasteiger partial charge on any atom is -0.478 e. The molecular formula is C22H26O7. The van der Waals surface area contributed by atoms with Gasteiger partial charge in [-0.2, -0.15) is 0 Å². The molecule has 0 amide bonds. The Bertz CT molecular complexity index is 761. The number of carbonyl (C=O) groups excluding carboxylic acids is 2. The third-order valence-electron chi connectivity index (χ3n) is 3.41. The summed E-state index contributed by atoms with van der Waals surface area (Å²) < 4.78 is 8.97. The maximum atomic E-state index is 11.6. The van der Waals surface area contributed by atoms with Crippen LogP contribution >= 0.6 is 0 Å². The van der Waals surface area contributed by atoms with Gasteiger partial charge in [-0.3, -0.25) is 0 Å². The van der Waals surface area contributed by atoms with E-state index in [9.17, 15) is 14.4 Å². The van der Waals surface area contributed by atoms with Crippen molar-refractivity contribution in [1.82, 2.24) is 0 Å². The number of benzene rings is 1. The normalized spacial score (nSPS) is 11.6. The first-order chi connectivity index (χ1) is 13.8. The van der Waals surface area contributed by atoms with E-state index in [1.807, 2.05) is 36.4 Å². The van der Waals surface area contributed by atoms with Gasteiger partial charge in [-0.05, 0) is 12.5 Å². The molecule has 1 atom stereocenters. The third-order valence-corrected chi connectivity index (χ3v) is 3.41. The number of carboxylic acids is 1. The number of rotatable bonds is 9. The van der Waals surface area contributed by atoms with Crippen molar-refractivity contribution in [2.24, 2.45) is 5.92 Å². The molecule has 0 aliphatic heterocycles. The van der Waals surface area contributed by atoms with Crippen LogP contribution in [0.5, 0.6) is 0 Å². The molecule has 0 saturated heterocycles. The molecule has 0 fully saturated rings. The Kier molecular flexibility index (Phi) is 12.9. The summed E-state index contributed by atoms with van der Waals surface area (Å²) in [5.74, 6) is -2.63. The molecule has 1 rings (SSSR count). The summed E-state index contributed by atoms with van der Waals surface area (Å²) in [6.07, 6.45) is 6.06. The monoisotopic (exact) mass is 402 g/mol. The molecule has 7 heteroatoms. The van der Waals surface area contributed by atoms with Gasteiger partial charge in [-0.1, -0.05) is 61.7 Å². The molecule has 156 valence electrons. The van der Waals surface area contributed by atoms with Gasteiger partial charge in [0.05, 0.1) is 13.7 Å². The zero-order valence-corrected chi connectivity index (χ0v) is 16.5. The third kappa shape index (κ3) is 11.1. The lowest BCUT2D eigenvalue weighted by atomic mass is 9.96. The van der Waals surface area contributed by atoms with E-state index in [-0.39, 0.29) is 24.4 Å². The average molecular weight is 402 g/mol. The van der Waals surface area contributed by atoms with Gasteiger partial charge in [-0.15, -0.1) is 0 Å². The van der Waals surface area contributed by atoms with Gasteiger partial charge in [0.25, 0.3) is 0 Å². The highest BCUT2D eigenvalue weighted by Crippen LogP contribution is 2.18. The Balaban J connectivity index is 0.000000828. The number of hydrogen-bond acceptors (Lipinski definition) is 6. The summed E-state index contributed by atoms with van der Waals surface area (Å²) in [5.41, 5.74) is 1.27. The summed E-state index contributed by atoms with van der Waals surface area (Å²) in [5, 5.41) is 17.1. The number of hydrogen-bond donors (Lipinski definition) is 2. The van der Waals surface area contributed by atoms with Crippen LogP contribution in [0.2, 0.25) is 0 Å². The van der Waals surface area contributed by atoms with E-state index in [1.165, 1.54) is 20.1 Å². The molecule has 0 saturated carbocycles. The molecule has 0 aromatic heterocycles. The predicted octanol–water partition coefficient (Wildman–Crippen LogP) is 2.78. The van der Waals surface area contributed by atoms with Crippen molar-refractivity contribution >= 4 is 24.0 Å². The van der Waals surface area contributed by atoms with E-state index in [0.29, 0.717) is 0 Å². The Morgan fingerprint density at radius 2 is 1.83 bits per heavy atom. The van der Waals surface area contributed by atoms with E-state index >= 15 is 0 Å². The molecule has 0 aliphatic rings. The number of aliphatic hydroxyl groups excluding tert-OH is 1. The Morgan fingerprint density at radius 3 is 2.31 bits per heavy atom. The van der Waals surface area contributed by atoms with E-state index in [2.05, 4.69) is 22.6 Å². The molecule has 1 aromatic carbocycles. The number of ether oxygens (including phenoxy) is 2. The molecular weight excluding hydrogens is 376 g/mol. The molecule has 2 N–H and O–H groups in total. The fourth-order valence-corrected chi connectivity index (χ4v) is 1.86. The lowest BCUT2D eigenvalue weighted by Gasteiger charge is -2.10. The van der Waals surface area contributed by atoms with E-state index in [4.69, 9.17) is 10.2 Å². The van der Waals surface area contributed by atoms with Gasteiger partial charge in [-0.25, -0.2) is 14.4 Å². The van der Waals surface area contributed by atoms with Crippen molar-refractivity contribution in [3.05, 3.63) is 78.4 Å². The molecule has 0 radical (unpaired) electrons. The van der Waals surface area contributed by atoms with Crippen LogP contribution in [-0.2, 0) is 23.9 Å². The van der Waals surface area contributed by atoms with Crippen molar-refractivity contribution in [2.45, 2.75) is 6.92 Å². The number of esters is 2. The Hall–Kier alpha value is -3.45. The quantitative estimate of drug-likeness (QED) is 0.483. The summed E-state index contributed by atoms with van der Waals surface area (Å²) in [6, 6.07) is 9.49. The predicted molar refractivity (Wildman–Crippen MR) is 110 cm³/mol. The summed E-state index contributed by atoms with van der Waals surface area (Å²) in [6.45, 7) is 8.22. The lowest BCUT2D eigenvalue weighted by molar-refractivity contribution is -0.139. The zero-order valence-electron chi connectivity index (χ0n) is 16.5. The highest BCUT2D eigenvalue weighted by molar-refractivity contribution is 5.90. The molecule has 1 aromatic rings. The van der Waals surface area contributed by atoms with Crippen LogP contribution in [0.4, 0.5) is 0 Å². The number of methoxy groups -OCH3 is 1. The number of aliphatic carboxylic acids is 1. The SMILES string of the molecule is C=C(C(=O)OC)C(C=Cc1ccccc1)C=C(C)C(=O)O.C=CC(=O)OCCO. The van der Waals surface area contributed by atoms with Crippen LogP contribution in [0.15, 0.2) is 72.9 Å². The lowest BCUT2D eigenvalue weighted by Crippen LogP contribution is -2.12. The molecule has 1 unspecified atom stereocenters. The van der Waals surface area contributed by atoms with Crippen LogP contribution in [0, 0.1) is 5.92 Å². The first-order valence-corrected chi connectivity index (χ1v) is 8.58. The highest BCUT2D eigenvalue weighted by atomic mass is 16.5. The van der Waals surface area contributed by atoms with Crippen LogP contribution in [0.3, 0.4) is 0 Å². The topological polar surface area (TPSA) is 110 Å². The molecule has 7 nitrogen and oxygen atoms in total. The average Bonchev–Trinajstić information content (AvgIpc) is 2.74. The van der Waals surface area contributed by atoms with E-state index in [1.54, 1.807) is 6.08 Å². The van der Waals surface area contributed by atoms with Gasteiger partial charge in [0.1, 0.15) is 6.61 Å². The van der Waals surface area contributed by atoms with Crippen molar-refractivity contribution in [2.75, 3.05) is 20.3 Å².